The Labute approximate surface area is 144 Å². The van der Waals surface area contributed by atoms with Gasteiger partial charge in [-0.1, -0.05) is 24.6 Å². The van der Waals surface area contributed by atoms with E-state index in [4.69, 9.17) is 4.74 Å². The Bertz CT molecular complexity index is 771. The number of halogens is 1. The third-order valence-electron chi connectivity index (χ3n) is 3.69. The fraction of sp³-hybridized carbons (Fsp3) is 0.333. The van der Waals surface area contributed by atoms with E-state index in [0.717, 1.165) is 16.9 Å². The summed E-state index contributed by atoms with van der Waals surface area (Å²) in [6.45, 7) is 5.14. The first kappa shape index (κ1) is 18.1. The van der Waals surface area contributed by atoms with Crippen LogP contribution in [0.1, 0.15) is 52.8 Å². The minimum absolute atomic E-state index is 0.126. The molecule has 4 nitrogen and oxygen atoms in total. The Kier molecular flexibility index (Phi) is 5.72. The van der Waals surface area contributed by atoms with Gasteiger partial charge in [-0.05, 0) is 38.3 Å². The molecule has 1 aromatic heterocycles. The van der Waals surface area contributed by atoms with Crippen LogP contribution in [0.3, 0.4) is 0 Å². The van der Waals surface area contributed by atoms with Gasteiger partial charge >= 0.3 is 5.97 Å². The molecule has 24 heavy (non-hydrogen) atoms. The number of nitrogens with one attached hydrogen (secondary N) is 1. The molecular weight excluding hydrogens is 329 g/mol. The first-order chi connectivity index (χ1) is 11.4. The predicted molar refractivity (Wildman–Crippen MR) is 94.3 cm³/mol. The molecular formula is C18H20FNO3S. The Balaban J connectivity index is 2.50. The van der Waals surface area contributed by atoms with Gasteiger partial charge in [0.15, 0.2) is 5.78 Å². The number of anilines is 1. The van der Waals surface area contributed by atoms with Gasteiger partial charge in [-0.25, -0.2) is 9.18 Å². The molecule has 128 valence electrons. The summed E-state index contributed by atoms with van der Waals surface area (Å²) in [4.78, 5) is 24.6. The molecule has 0 fully saturated rings. The van der Waals surface area contributed by atoms with Gasteiger partial charge in [-0.15, -0.1) is 11.3 Å². The van der Waals surface area contributed by atoms with Crippen LogP contribution >= 0.6 is 11.3 Å². The highest BCUT2D eigenvalue weighted by Crippen LogP contribution is 2.37. The summed E-state index contributed by atoms with van der Waals surface area (Å²) >= 11 is 1.15. The van der Waals surface area contributed by atoms with Crippen molar-refractivity contribution in [3.63, 3.8) is 0 Å². The number of ether oxygens (including phenoxy) is 1. The summed E-state index contributed by atoms with van der Waals surface area (Å²) in [6, 6.07) is 0. The fourth-order valence-corrected chi connectivity index (χ4v) is 3.71. The number of allylic oxidation sites excluding steroid dienone is 5. The van der Waals surface area contributed by atoms with E-state index in [1.807, 2.05) is 19.9 Å². The summed E-state index contributed by atoms with van der Waals surface area (Å²) < 4.78 is 19.2. The van der Waals surface area contributed by atoms with Crippen molar-refractivity contribution in [2.45, 2.75) is 33.6 Å². The molecule has 0 atom stereocenters. The smallest absolute Gasteiger partial charge is 0.341 e. The maximum absolute atomic E-state index is 14.3. The van der Waals surface area contributed by atoms with Gasteiger partial charge in [0.2, 0.25) is 0 Å². The Morgan fingerprint density at radius 1 is 1.38 bits per heavy atom. The molecule has 1 aliphatic rings. The topological polar surface area (TPSA) is 55.4 Å². The summed E-state index contributed by atoms with van der Waals surface area (Å²) in [7, 11) is 1.29. The monoisotopic (exact) mass is 349 g/mol. The summed E-state index contributed by atoms with van der Waals surface area (Å²) in [5.74, 6) is -1.07. The molecule has 0 bridgehead atoms. The molecule has 1 aliphatic carbocycles. The third kappa shape index (κ3) is 3.64. The molecule has 2 rings (SSSR count). The standard InChI is InChI=1S/C18H20FNO3S/c1-5-12-15(18(22)23-4)17(24-16(12)11(3)21)20-14-8-6-7-10(2)9-13(14)19/h7-9,20H,5-6H2,1-4H3. The number of thiophene rings is 1. The van der Waals surface area contributed by atoms with E-state index in [0.29, 0.717) is 33.8 Å². The lowest BCUT2D eigenvalue weighted by atomic mass is 10.1. The third-order valence-corrected chi connectivity index (χ3v) is 4.94. The van der Waals surface area contributed by atoms with Gasteiger partial charge in [0, 0.05) is 0 Å². The van der Waals surface area contributed by atoms with Crippen molar-refractivity contribution >= 4 is 28.1 Å². The van der Waals surface area contributed by atoms with Crippen molar-refractivity contribution in [2.75, 3.05) is 12.4 Å². The minimum Gasteiger partial charge on any atom is -0.465 e. The number of hydrogen-bond acceptors (Lipinski definition) is 5. The lowest BCUT2D eigenvalue weighted by Gasteiger charge is -2.09. The molecule has 1 heterocycles. The zero-order chi connectivity index (χ0) is 17.9. The molecule has 0 unspecified atom stereocenters. The van der Waals surface area contributed by atoms with Gasteiger partial charge < -0.3 is 10.1 Å². The number of methoxy groups -OCH3 is 1. The van der Waals surface area contributed by atoms with Crippen molar-refractivity contribution in [3.05, 3.63) is 51.3 Å². The van der Waals surface area contributed by atoms with Crippen molar-refractivity contribution in [1.82, 2.24) is 0 Å². The highest BCUT2D eigenvalue weighted by atomic mass is 32.1. The van der Waals surface area contributed by atoms with E-state index in [2.05, 4.69) is 5.32 Å². The first-order valence-corrected chi connectivity index (χ1v) is 8.47. The molecule has 1 N–H and O–H groups in total. The summed E-state index contributed by atoms with van der Waals surface area (Å²) in [5.41, 5.74) is 2.05. The Morgan fingerprint density at radius 3 is 2.67 bits per heavy atom. The van der Waals surface area contributed by atoms with Gasteiger partial charge in [-0.2, -0.15) is 0 Å². The van der Waals surface area contributed by atoms with Crippen LogP contribution in [-0.2, 0) is 11.2 Å². The normalized spacial score (nSPS) is 14.3. The average Bonchev–Trinajstić information content (AvgIpc) is 2.83. The van der Waals surface area contributed by atoms with Crippen molar-refractivity contribution in [3.8, 4) is 0 Å². The van der Waals surface area contributed by atoms with Gasteiger partial charge in [-0.3, -0.25) is 4.79 Å². The largest absolute Gasteiger partial charge is 0.465 e. The van der Waals surface area contributed by atoms with Gasteiger partial charge in [0.05, 0.1) is 23.2 Å². The number of carbonyl (C=O) groups excluding carboxylic acids is 2. The van der Waals surface area contributed by atoms with Gasteiger partial charge in [0.1, 0.15) is 10.8 Å². The van der Waals surface area contributed by atoms with Crippen molar-refractivity contribution < 1.29 is 18.7 Å². The fourth-order valence-electron chi connectivity index (χ4n) is 2.52. The zero-order valence-corrected chi connectivity index (χ0v) is 15.0. The minimum atomic E-state index is -0.536. The van der Waals surface area contributed by atoms with Crippen LogP contribution < -0.4 is 5.32 Å². The van der Waals surface area contributed by atoms with E-state index in [-0.39, 0.29) is 11.5 Å². The maximum Gasteiger partial charge on any atom is 0.341 e. The van der Waals surface area contributed by atoms with Crippen LogP contribution in [0.15, 0.2) is 35.3 Å². The number of esters is 1. The maximum atomic E-state index is 14.3. The highest BCUT2D eigenvalue weighted by molar-refractivity contribution is 7.18. The number of rotatable bonds is 5. The molecule has 0 spiro atoms. The average molecular weight is 349 g/mol. The molecule has 1 aromatic rings. The van der Waals surface area contributed by atoms with E-state index in [1.165, 1.54) is 20.1 Å². The lowest BCUT2D eigenvalue weighted by molar-refractivity contribution is 0.0601. The summed E-state index contributed by atoms with van der Waals surface area (Å²) in [6.07, 6.45) is 6.14. The number of ketones is 1. The zero-order valence-electron chi connectivity index (χ0n) is 14.2. The molecule has 0 saturated heterocycles. The molecule has 0 radical (unpaired) electrons. The second-order valence-electron chi connectivity index (χ2n) is 5.43. The van der Waals surface area contributed by atoms with E-state index < -0.39 is 11.8 Å². The first-order valence-electron chi connectivity index (χ1n) is 7.65. The number of hydrogen-bond donors (Lipinski definition) is 1. The van der Waals surface area contributed by atoms with Gasteiger partial charge in [0.25, 0.3) is 0 Å². The highest BCUT2D eigenvalue weighted by Gasteiger charge is 2.26. The Morgan fingerprint density at radius 2 is 2.08 bits per heavy atom. The summed E-state index contributed by atoms with van der Waals surface area (Å²) in [5, 5.41) is 3.40. The lowest BCUT2D eigenvalue weighted by Crippen LogP contribution is -2.09. The quantitative estimate of drug-likeness (QED) is 0.613. The SMILES string of the molecule is CCc1c(C(C)=O)sc(NC2=CCC=C(C)C=C2F)c1C(=O)OC. The number of carbonyl (C=O) groups is 2. The van der Waals surface area contributed by atoms with E-state index in [9.17, 15) is 14.0 Å². The Hall–Kier alpha value is -2.21. The van der Waals surface area contributed by atoms with Crippen LogP contribution in [-0.4, -0.2) is 18.9 Å². The molecule has 0 aliphatic heterocycles. The molecule has 0 aromatic carbocycles. The molecule has 6 heteroatoms. The van der Waals surface area contributed by atoms with Crippen LogP contribution in [0, 0.1) is 0 Å². The van der Waals surface area contributed by atoms with E-state index >= 15 is 0 Å². The van der Waals surface area contributed by atoms with E-state index in [1.54, 1.807) is 6.08 Å². The number of Topliss-reactive ketones (excluding diaryl/α,β-unsaturated/α-hetero) is 1. The van der Waals surface area contributed by atoms with Crippen LogP contribution in [0.25, 0.3) is 0 Å². The van der Waals surface area contributed by atoms with Crippen LogP contribution in [0.2, 0.25) is 0 Å². The van der Waals surface area contributed by atoms with Crippen LogP contribution in [0.4, 0.5) is 9.39 Å². The second-order valence-corrected chi connectivity index (χ2v) is 6.45. The second kappa shape index (κ2) is 7.57. The van der Waals surface area contributed by atoms with Crippen LogP contribution in [0.5, 0.6) is 0 Å². The predicted octanol–water partition coefficient (Wildman–Crippen LogP) is 4.80. The molecule has 0 saturated carbocycles. The van der Waals surface area contributed by atoms with Crippen molar-refractivity contribution in [2.24, 2.45) is 0 Å². The molecule has 0 amide bonds. The van der Waals surface area contributed by atoms with Crippen molar-refractivity contribution in [1.29, 1.82) is 0 Å².